The van der Waals surface area contributed by atoms with Crippen LogP contribution in [-0.4, -0.2) is 152 Å². The molecular formula is C31H39N5O11. The number of carboxylic acids is 4. The molecule has 7 N–H and O–H groups in total. The number of amides is 1. The van der Waals surface area contributed by atoms with E-state index in [1.54, 1.807) is 43.9 Å². The molecular weight excluding hydrogens is 618 g/mol. The summed E-state index contributed by atoms with van der Waals surface area (Å²) in [5, 5.41) is 60.0. The number of rotatable bonds is 12. The Balaban J connectivity index is 1.89. The molecule has 2 aromatic carbocycles. The van der Waals surface area contributed by atoms with Crippen LogP contribution in [0.1, 0.15) is 17.2 Å². The first kappa shape index (κ1) is 36.4. The van der Waals surface area contributed by atoms with Gasteiger partial charge in [0.2, 0.25) is 5.91 Å². The van der Waals surface area contributed by atoms with Gasteiger partial charge in [0.15, 0.2) is 11.5 Å². The van der Waals surface area contributed by atoms with Crippen LogP contribution >= 0.6 is 0 Å². The maximum atomic E-state index is 12.5. The first-order valence-corrected chi connectivity index (χ1v) is 14.7. The molecule has 0 bridgehead atoms. The van der Waals surface area contributed by atoms with Gasteiger partial charge in [-0.2, -0.15) is 0 Å². The van der Waals surface area contributed by atoms with Gasteiger partial charge in [0.25, 0.3) is 0 Å². The summed E-state index contributed by atoms with van der Waals surface area (Å²) in [6, 6.07) is 9.98. The van der Waals surface area contributed by atoms with Crippen molar-refractivity contribution in [2.24, 2.45) is 0 Å². The normalized spacial score (nSPS) is 17.8. The average Bonchev–Trinajstić information content (AvgIpc) is 2.98. The van der Waals surface area contributed by atoms with Gasteiger partial charge in [-0.05, 0) is 41.5 Å². The maximum Gasteiger partial charge on any atom is 0.317 e. The van der Waals surface area contributed by atoms with Crippen LogP contribution < -0.4 is 5.32 Å². The number of aromatic hydroxyl groups is 2. The molecule has 0 saturated carbocycles. The van der Waals surface area contributed by atoms with Crippen LogP contribution in [0.4, 0.5) is 5.69 Å². The summed E-state index contributed by atoms with van der Waals surface area (Å²) in [7, 11) is 0. The van der Waals surface area contributed by atoms with Gasteiger partial charge in [-0.25, -0.2) is 0 Å². The van der Waals surface area contributed by atoms with Gasteiger partial charge in [-0.1, -0.05) is 18.2 Å². The molecule has 1 atom stereocenters. The fourth-order valence-electron chi connectivity index (χ4n) is 5.17. The molecule has 254 valence electrons. The second kappa shape index (κ2) is 17.6. The second-order valence-corrected chi connectivity index (χ2v) is 11.0. The van der Waals surface area contributed by atoms with E-state index in [0.29, 0.717) is 16.8 Å². The van der Waals surface area contributed by atoms with Gasteiger partial charge in [0.05, 0.1) is 26.2 Å². The Morgan fingerprint density at radius 3 is 1.70 bits per heavy atom. The van der Waals surface area contributed by atoms with E-state index in [-0.39, 0.29) is 76.9 Å². The zero-order chi connectivity index (χ0) is 34.5. The van der Waals surface area contributed by atoms with Crippen molar-refractivity contribution in [1.29, 1.82) is 0 Å². The summed E-state index contributed by atoms with van der Waals surface area (Å²) in [6.07, 6.45) is 2.68. The van der Waals surface area contributed by atoms with Gasteiger partial charge in [-0.15, -0.1) is 0 Å². The summed E-state index contributed by atoms with van der Waals surface area (Å²) in [5.74, 6) is -5.54. The van der Waals surface area contributed by atoms with Crippen LogP contribution in [0, 0.1) is 0 Å². The molecule has 3 rings (SSSR count). The molecule has 47 heavy (non-hydrogen) atoms. The molecule has 1 heterocycles. The minimum Gasteiger partial charge on any atom is -0.504 e. The molecule has 1 aliphatic rings. The quantitative estimate of drug-likeness (QED) is 0.121. The van der Waals surface area contributed by atoms with Gasteiger partial charge >= 0.3 is 23.9 Å². The highest BCUT2D eigenvalue weighted by Crippen LogP contribution is 2.26. The summed E-state index contributed by atoms with van der Waals surface area (Å²) >= 11 is 0. The van der Waals surface area contributed by atoms with Crippen molar-refractivity contribution < 1.29 is 54.6 Å². The van der Waals surface area contributed by atoms with Crippen molar-refractivity contribution in [2.75, 3.05) is 77.3 Å². The molecule has 0 aliphatic carbocycles. The van der Waals surface area contributed by atoms with Crippen molar-refractivity contribution >= 4 is 41.5 Å². The fourth-order valence-corrected chi connectivity index (χ4v) is 5.17. The molecule has 1 amide bonds. The van der Waals surface area contributed by atoms with Crippen LogP contribution in [0.2, 0.25) is 0 Å². The predicted molar refractivity (Wildman–Crippen MR) is 168 cm³/mol. The van der Waals surface area contributed by atoms with E-state index in [2.05, 4.69) is 5.32 Å². The number of phenolic OH excluding ortho intramolecular Hbond substituents is 2. The maximum absolute atomic E-state index is 12.5. The summed E-state index contributed by atoms with van der Waals surface area (Å²) in [4.78, 5) is 65.8. The lowest BCUT2D eigenvalue weighted by Gasteiger charge is -2.37. The number of carbonyl (C=O) groups is 5. The molecule has 0 radical (unpaired) electrons. The number of anilines is 1. The third kappa shape index (κ3) is 12.7. The van der Waals surface area contributed by atoms with E-state index < -0.39 is 42.4 Å². The fraction of sp³-hybridized carbons (Fsp3) is 0.387. The largest absolute Gasteiger partial charge is 0.504 e. The number of carboxylic acid groups (broad SMARTS) is 4. The van der Waals surface area contributed by atoms with Crippen LogP contribution in [0.5, 0.6) is 11.5 Å². The van der Waals surface area contributed by atoms with Crippen LogP contribution in [0.3, 0.4) is 0 Å². The zero-order valence-electron chi connectivity index (χ0n) is 25.6. The minimum absolute atomic E-state index is 0.0628. The van der Waals surface area contributed by atoms with E-state index in [0.717, 1.165) is 0 Å². The number of nitrogens with one attached hydrogen (secondary N) is 1. The van der Waals surface area contributed by atoms with Crippen molar-refractivity contribution in [3.63, 3.8) is 0 Å². The zero-order valence-corrected chi connectivity index (χ0v) is 25.6. The highest BCUT2D eigenvalue weighted by atomic mass is 16.4. The lowest BCUT2D eigenvalue weighted by molar-refractivity contribution is -0.142. The number of hydrogen-bond acceptors (Lipinski definition) is 11. The number of aliphatic carboxylic acids is 4. The summed E-state index contributed by atoms with van der Waals surface area (Å²) in [5.41, 5.74) is 1.50. The molecule has 1 aliphatic heterocycles. The highest BCUT2D eigenvalue weighted by Gasteiger charge is 2.28. The van der Waals surface area contributed by atoms with Gasteiger partial charge < -0.3 is 36.0 Å². The Kier molecular flexibility index (Phi) is 13.7. The predicted octanol–water partition coefficient (Wildman–Crippen LogP) is 0.351. The van der Waals surface area contributed by atoms with E-state index >= 15 is 0 Å². The first-order valence-electron chi connectivity index (χ1n) is 14.7. The SMILES string of the molecule is O=C(O)CN1CCN(CC(=O)O)CCN(CC(=O)O)C(c2ccc(NC(=O)/C=C/c3ccc(O)c(O)c3)cc2)CN(CC(=O)O)CC1. The highest BCUT2D eigenvalue weighted by molar-refractivity contribution is 6.02. The van der Waals surface area contributed by atoms with E-state index in [1.165, 1.54) is 30.4 Å². The Hall–Kier alpha value is -5.03. The Morgan fingerprint density at radius 2 is 1.17 bits per heavy atom. The molecule has 0 aromatic heterocycles. The van der Waals surface area contributed by atoms with Crippen LogP contribution in [0.25, 0.3) is 6.08 Å². The Labute approximate surface area is 270 Å². The first-order chi connectivity index (χ1) is 22.3. The smallest absolute Gasteiger partial charge is 0.317 e. The van der Waals surface area contributed by atoms with Crippen molar-refractivity contribution in [3.8, 4) is 11.5 Å². The van der Waals surface area contributed by atoms with E-state index in [9.17, 15) is 54.6 Å². The number of phenols is 2. The third-order valence-electron chi connectivity index (χ3n) is 7.44. The standard InChI is InChI=1S/C31H39N5O11/c37-25-7-1-21(15-26(25)38)2-8-27(39)32-23-5-3-22(4-6-23)24-16-35(19-30(44)45)12-11-33(17-28(40)41)9-10-34(18-29(42)43)13-14-36(24)20-31(46)47/h1-8,15,24,37-38H,9-14,16-20H2,(H,32,39)(H,40,41)(H,42,43)(H,44,45)(H,46,47)/b8-2+. The van der Waals surface area contributed by atoms with Crippen molar-refractivity contribution in [3.05, 3.63) is 59.7 Å². The van der Waals surface area contributed by atoms with Crippen molar-refractivity contribution in [2.45, 2.75) is 6.04 Å². The molecule has 16 heteroatoms. The number of nitrogens with zero attached hydrogens (tertiary/aromatic N) is 4. The molecule has 2 aromatic rings. The van der Waals surface area contributed by atoms with E-state index in [4.69, 9.17) is 0 Å². The second-order valence-electron chi connectivity index (χ2n) is 11.0. The number of hydrogen-bond donors (Lipinski definition) is 7. The minimum atomic E-state index is -1.14. The topological polar surface area (TPSA) is 232 Å². The van der Waals surface area contributed by atoms with E-state index in [1.807, 2.05) is 0 Å². The number of benzene rings is 2. The third-order valence-corrected chi connectivity index (χ3v) is 7.44. The average molecular weight is 658 g/mol. The monoisotopic (exact) mass is 657 g/mol. The van der Waals surface area contributed by atoms with Crippen LogP contribution in [0.15, 0.2) is 48.5 Å². The molecule has 1 saturated heterocycles. The molecule has 16 nitrogen and oxygen atoms in total. The summed E-state index contributed by atoms with van der Waals surface area (Å²) in [6.45, 7) is -0.420. The summed E-state index contributed by atoms with van der Waals surface area (Å²) < 4.78 is 0. The van der Waals surface area contributed by atoms with Gasteiger partial charge in [0.1, 0.15) is 0 Å². The number of carbonyl (C=O) groups excluding carboxylic acids is 1. The van der Waals surface area contributed by atoms with Crippen molar-refractivity contribution in [1.82, 2.24) is 19.6 Å². The lowest BCUT2D eigenvalue weighted by atomic mass is 10.0. The molecule has 1 fully saturated rings. The van der Waals surface area contributed by atoms with Gasteiger partial charge in [0, 0.05) is 63.6 Å². The Bertz CT molecular complexity index is 1450. The Morgan fingerprint density at radius 1 is 0.660 bits per heavy atom. The van der Waals surface area contributed by atoms with Crippen LogP contribution in [-0.2, 0) is 24.0 Å². The lowest BCUT2D eigenvalue weighted by Crippen LogP contribution is -2.50. The molecule has 0 spiro atoms. The van der Waals surface area contributed by atoms with Gasteiger partial charge in [-0.3, -0.25) is 43.6 Å². The molecule has 1 unspecified atom stereocenters.